The number of likely N-dealkylation sites (tertiary alicyclic amines) is 1. The molecule has 1 aliphatic rings. The Hall–Kier alpha value is -2.17. The van der Waals surface area contributed by atoms with Gasteiger partial charge in [0.05, 0.1) is 19.2 Å². The fourth-order valence-electron chi connectivity index (χ4n) is 2.08. The molecule has 1 aliphatic heterocycles. The van der Waals surface area contributed by atoms with Crippen molar-refractivity contribution in [3.8, 4) is 5.75 Å². The molecule has 1 aromatic rings. The number of carbonyl (C=O) groups excluding carboxylic acids is 3. The van der Waals surface area contributed by atoms with Gasteiger partial charge >= 0.3 is 0 Å². The van der Waals surface area contributed by atoms with Crippen molar-refractivity contribution in [1.82, 2.24) is 4.90 Å². The summed E-state index contributed by atoms with van der Waals surface area (Å²) in [6.07, 6.45) is 1.22. The molecule has 100 valence electrons. The fraction of sp³-hybridized carbons (Fsp3) is 0.357. The van der Waals surface area contributed by atoms with Gasteiger partial charge in [0.15, 0.2) is 5.78 Å². The summed E-state index contributed by atoms with van der Waals surface area (Å²) in [5.74, 6) is -0.399. The van der Waals surface area contributed by atoms with Gasteiger partial charge in [-0.2, -0.15) is 0 Å². The molecule has 0 aliphatic carbocycles. The van der Waals surface area contributed by atoms with Crippen LogP contribution >= 0.6 is 0 Å². The molecule has 0 saturated carbocycles. The molecule has 0 aromatic heterocycles. The second-order valence-corrected chi connectivity index (χ2v) is 4.35. The first-order valence-electron chi connectivity index (χ1n) is 6.13. The Kier molecular flexibility index (Phi) is 3.94. The molecule has 0 radical (unpaired) electrons. The van der Waals surface area contributed by atoms with Crippen LogP contribution in [0.25, 0.3) is 0 Å². The number of imide groups is 1. The molecule has 19 heavy (non-hydrogen) atoms. The number of hydrogen-bond donors (Lipinski definition) is 0. The lowest BCUT2D eigenvalue weighted by atomic mass is 10.1. The van der Waals surface area contributed by atoms with Gasteiger partial charge in [-0.05, 0) is 18.6 Å². The number of methoxy groups -OCH3 is 1. The summed E-state index contributed by atoms with van der Waals surface area (Å²) in [7, 11) is 1.48. The molecule has 1 fully saturated rings. The average molecular weight is 261 g/mol. The molecular formula is C14H15NO4. The highest BCUT2D eigenvalue weighted by molar-refractivity contribution is 6.06. The Morgan fingerprint density at radius 3 is 2.47 bits per heavy atom. The predicted molar refractivity (Wildman–Crippen MR) is 67.9 cm³/mol. The van der Waals surface area contributed by atoms with Gasteiger partial charge in [-0.25, -0.2) is 0 Å². The van der Waals surface area contributed by atoms with E-state index in [1.807, 2.05) is 0 Å². The van der Waals surface area contributed by atoms with E-state index in [4.69, 9.17) is 4.74 Å². The molecule has 0 N–H and O–H groups in total. The summed E-state index contributed by atoms with van der Waals surface area (Å²) >= 11 is 0. The smallest absolute Gasteiger partial charge is 0.229 e. The van der Waals surface area contributed by atoms with E-state index in [-0.39, 0.29) is 24.1 Å². The monoisotopic (exact) mass is 261 g/mol. The standard InChI is InChI=1S/C14H15NO4/c1-19-12-6-3-2-5-10(12)11(16)9-15-13(17)7-4-8-14(15)18/h2-3,5-6H,4,7-9H2,1H3. The Morgan fingerprint density at radius 1 is 1.21 bits per heavy atom. The normalized spacial score (nSPS) is 15.5. The lowest BCUT2D eigenvalue weighted by molar-refractivity contribution is -0.147. The van der Waals surface area contributed by atoms with Crippen molar-refractivity contribution in [2.24, 2.45) is 0 Å². The number of piperidine rings is 1. The van der Waals surface area contributed by atoms with Gasteiger partial charge in [0.1, 0.15) is 5.75 Å². The molecule has 0 bridgehead atoms. The Labute approximate surface area is 111 Å². The van der Waals surface area contributed by atoms with Gasteiger partial charge in [0, 0.05) is 12.8 Å². The maximum Gasteiger partial charge on any atom is 0.229 e. The summed E-state index contributed by atoms with van der Waals surface area (Å²) < 4.78 is 5.10. The van der Waals surface area contributed by atoms with Crippen LogP contribution in [-0.4, -0.2) is 36.2 Å². The number of nitrogens with zero attached hydrogens (tertiary/aromatic N) is 1. The molecule has 0 unspecified atom stereocenters. The first-order valence-corrected chi connectivity index (χ1v) is 6.13. The summed E-state index contributed by atoms with van der Waals surface area (Å²) in [4.78, 5) is 36.5. The van der Waals surface area contributed by atoms with Crippen molar-refractivity contribution in [3.05, 3.63) is 29.8 Å². The first kappa shape index (κ1) is 13.3. The number of rotatable bonds is 4. The Balaban J connectivity index is 2.16. The van der Waals surface area contributed by atoms with Crippen LogP contribution in [0.2, 0.25) is 0 Å². The van der Waals surface area contributed by atoms with Crippen LogP contribution in [-0.2, 0) is 9.59 Å². The molecule has 2 rings (SSSR count). The van der Waals surface area contributed by atoms with Crippen molar-refractivity contribution in [3.63, 3.8) is 0 Å². The summed E-state index contributed by atoms with van der Waals surface area (Å²) in [5.41, 5.74) is 0.385. The number of ketones is 1. The van der Waals surface area contributed by atoms with Crippen LogP contribution in [0.1, 0.15) is 29.6 Å². The second kappa shape index (κ2) is 5.65. The summed E-state index contributed by atoms with van der Waals surface area (Å²) in [6.45, 7) is -0.210. The highest BCUT2D eigenvalue weighted by Gasteiger charge is 2.28. The minimum atomic E-state index is -0.291. The number of para-hydroxylation sites is 1. The van der Waals surface area contributed by atoms with Gasteiger partial charge in [0.25, 0.3) is 0 Å². The molecule has 0 atom stereocenters. The number of ether oxygens (including phenoxy) is 1. The summed E-state index contributed by atoms with van der Waals surface area (Å²) in [5, 5.41) is 0. The zero-order valence-electron chi connectivity index (χ0n) is 10.7. The molecule has 2 amide bonds. The lowest BCUT2D eigenvalue weighted by Crippen LogP contribution is -2.43. The van der Waals surface area contributed by atoms with Gasteiger partial charge in [-0.1, -0.05) is 12.1 Å². The zero-order chi connectivity index (χ0) is 13.8. The quantitative estimate of drug-likeness (QED) is 0.607. The third-order valence-electron chi connectivity index (χ3n) is 3.09. The average Bonchev–Trinajstić information content (AvgIpc) is 2.42. The van der Waals surface area contributed by atoms with Gasteiger partial charge in [0.2, 0.25) is 11.8 Å². The van der Waals surface area contributed by atoms with Crippen molar-refractivity contribution in [2.75, 3.05) is 13.7 Å². The van der Waals surface area contributed by atoms with Crippen LogP contribution in [0.3, 0.4) is 0 Å². The number of carbonyl (C=O) groups is 3. The molecule has 1 aromatic carbocycles. The molecular weight excluding hydrogens is 246 g/mol. The molecule has 5 heteroatoms. The first-order chi connectivity index (χ1) is 9.13. The molecule has 5 nitrogen and oxygen atoms in total. The molecule has 1 heterocycles. The van der Waals surface area contributed by atoms with Crippen molar-refractivity contribution >= 4 is 17.6 Å². The van der Waals surface area contributed by atoms with Crippen molar-refractivity contribution in [1.29, 1.82) is 0 Å². The van der Waals surface area contributed by atoms with Crippen LogP contribution < -0.4 is 4.74 Å². The highest BCUT2D eigenvalue weighted by atomic mass is 16.5. The highest BCUT2D eigenvalue weighted by Crippen LogP contribution is 2.19. The third-order valence-corrected chi connectivity index (χ3v) is 3.09. The lowest BCUT2D eigenvalue weighted by Gasteiger charge is -2.24. The van der Waals surface area contributed by atoms with Crippen LogP contribution in [0.15, 0.2) is 24.3 Å². The van der Waals surface area contributed by atoms with E-state index in [2.05, 4.69) is 0 Å². The minimum absolute atomic E-state index is 0.210. The van der Waals surface area contributed by atoms with E-state index < -0.39 is 0 Å². The number of hydrogen-bond acceptors (Lipinski definition) is 4. The topological polar surface area (TPSA) is 63.7 Å². The van der Waals surface area contributed by atoms with E-state index in [9.17, 15) is 14.4 Å². The molecule has 1 saturated heterocycles. The SMILES string of the molecule is COc1ccccc1C(=O)CN1C(=O)CCCC1=O. The van der Waals surface area contributed by atoms with Crippen molar-refractivity contribution < 1.29 is 19.1 Å². The maximum absolute atomic E-state index is 12.2. The number of benzene rings is 1. The number of amides is 2. The van der Waals surface area contributed by atoms with Gasteiger partial charge < -0.3 is 4.74 Å². The minimum Gasteiger partial charge on any atom is -0.496 e. The number of Topliss-reactive ketones (excluding diaryl/α,β-unsaturated/α-hetero) is 1. The van der Waals surface area contributed by atoms with Crippen LogP contribution in [0.5, 0.6) is 5.75 Å². The second-order valence-electron chi connectivity index (χ2n) is 4.35. The van der Waals surface area contributed by atoms with Crippen molar-refractivity contribution in [2.45, 2.75) is 19.3 Å². The predicted octanol–water partition coefficient (Wildman–Crippen LogP) is 1.42. The fourth-order valence-corrected chi connectivity index (χ4v) is 2.08. The van der Waals surface area contributed by atoms with Crippen LogP contribution in [0.4, 0.5) is 0 Å². The maximum atomic E-state index is 12.2. The van der Waals surface area contributed by atoms with Gasteiger partial charge in [-0.15, -0.1) is 0 Å². The van der Waals surface area contributed by atoms with Gasteiger partial charge in [-0.3, -0.25) is 19.3 Å². The Bertz CT molecular complexity index is 508. The third kappa shape index (κ3) is 2.81. The van der Waals surface area contributed by atoms with E-state index in [1.165, 1.54) is 7.11 Å². The van der Waals surface area contributed by atoms with E-state index in [0.717, 1.165) is 4.90 Å². The Morgan fingerprint density at radius 2 is 1.84 bits per heavy atom. The van der Waals surface area contributed by atoms with E-state index >= 15 is 0 Å². The summed E-state index contributed by atoms with van der Waals surface area (Å²) in [6, 6.07) is 6.77. The largest absolute Gasteiger partial charge is 0.496 e. The zero-order valence-corrected chi connectivity index (χ0v) is 10.7. The molecule has 0 spiro atoms. The van der Waals surface area contributed by atoms with Crippen LogP contribution in [0, 0.1) is 0 Å². The van der Waals surface area contributed by atoms with E-state index in [1.54, 1.807) is 24.3 Å². The van der Waals surface area contributed by atoms with E-state index in [0.29, 0.717) is 30.6 Å².